The van der Waals surface area contributed by atoms with E-state index in [4.69, 9.17) is 14.4 Å². The maximum atomic E-state index is 6.57. The van der Waals surface area contributed by atoms with Crippen molar-refractivity contribution in [3.8, 4) is 44.9 Å². The Hall–Kier alpha value is -7.76. The second kappa shape index (κ2) is 12.4. The van der Waals surface area contributed by atoms with Gasteiger partial charge in [-0.25, -0.2) is 9.97 Å². The van der Waals surface area contributed by atoms with Crippen molar-refractivity contribution < 1.29 is 4.42 Å². The average Bonchev–Trinajstić information content (AvgIpc) is 3.94. The molecular formula is C52H32N4O. The molecule has 0 fully saturated rings. The van der Waals surface area contributed by atoms with Gasteiger partial charge in [-0.15, -0.1) is 0 Å². The Morgan fingerprint density at radius 3 is 1.35 bits per heavy atom. The van der Waals surface area contributed by atoms with Crippen LogP contribution in [0.2, 0.25) is 0 Å². The van der Waals surface area contributed by atoms with Gasteiger partial charge in [-0.05, 0) is 89.0 Å². The minimum Gasteiger partial charge on any atom is -0.452 e. The quantitative estimate of drug-likeness (QED) is 0.177. The first-order chi connectivity index (χ1) is 28.3. The Morgan fingerprint density at radius 2 is 0.807 bits per heavy atom. The predicted octanol–water partition coefficient (Wildman–Crippen LogP) is 13.6. The minimum atomic E-state index is 0.680. The lowest BCUT2D eigenvalue weighted by molar-refractivity contribution is 0.667. The van der Waals surface area contributed by atoms with Crippen molar-refractivity contribution in [2.75, 3.05) is 0 Å². The smallest absolute Gasteiger partial charge is 0.180 e. The highest BCUT2D eigenvalue weighted by molar-refractivity contribution is 6.11. The van der Waals surface area contributed by atoms with Gasteiger partial charge in [0, 0.05) is 43.9 Å². The molecule has 0 saturated carbocycles. The molecule has 0 unspecified atom stereocenters. The highest BCUT2D eigenvalue weighted by Crippen LogP contribution is 2.39. The maximum Gasteiger partial charge on any atom is 0.180 e. The molecule has 0 radical (unpaired) electrons. The summed E-state index contributed by atoms with van der Waals surface area (Å²) in [6.07, 6.45) is 1.65. The van der Waals surface area contributed by atoms with Crippen LogP contribution in [-0.4, -0.2) is 19.1 Å². The van der Waals surface area contributed by atoms with Crippen LogP contribution in [-0.2, 0) is 0 Å². The van der Waals surface area contributed by atoms with Crippen LogP contribution in [0.5, 0.6) is 0 Å². The molecular weight excluding hydrogens is 697 g/mol. The summed E-state index contributed by atoms with van der Waals surface area (Å²) in [6.45, 7) is 0. The van der Waals surface area contributed by atoms with Gasteiger partial charge in [-0.1, -0.05) is 121 Å². The van der Waals surface area contributed by atoms with Crippen LogP contribution in [0.25, 0.3) is 111 Å². The van der Waals surface area contributed by atoms with Crippen LogP contribution in [0.15, 0.2) is 199 Å². The molecule has 0 N–H and O–H groups in total. The van der Waals surface area contributed by atoms with Gasteiger partial charge in [-0.3, -0.25) is 0 Å². The van der Waals surface area contributed by atoms with Crippen molar-refractivity contribution in [1.82, 2.24) is 19.1 Å². The third-order valence-corrected chi connectivity index (χ3v) is 11.4. The number of hydrogen-bond donors (Lipinski definition) is 0. The molecule has 12 aromatic rings. The second-order valence-corrected chi connectivity index (χ2v) is 14.6. The topological polar surface area (TPSA) is 48.8 Å². The van der Waals surface area contributed by atoms with Gasteiger partial charge in [0.15, 0.2) is 5.58 Å². The number of nitrogens with zero attached hydrogens (tertiary/aromatic N) is 4. The molecule has 266 valence electrons. The molecule has 0 aliphatic heterocycles. The summed E-state index contributed by atoms with van der Waals surface area (Å²) in [5.74, 6) is 0. The summed E-state index contributed by atoms with van der Waals surface area (Å²) >= 11 is 0. The summed E-state index contributed by atoms with van der Waals surface area (Å²) in [5, 5.41) is 5.96. The number of aromatic nitrogens is 4. The lowest BCUT2D eigenvalue weighted by Gasteiger charge is -2.11. The predicted molar refractivity (Wildman–Crippen MR) is 234 cm³/mol. The number of rotatable bonds is 5. The Balaban J connectivity index is 0.933. The monoisotopic (exact) mass is 728 g/mol. The number of fused-ring (bicyclic) bond motifs is 9. The van der Waals surface area contributed by atoms with E-state index < -0.39 is 0 Å². The number of benzene rings is 8. The summed E-state index contributed by atoms with van der Waals surface area (Å²) in [7, 11) is 0. The SMILES string of the molecule is c1cc(-c2cccc(-n3c4ccccc4c4ccccc43)c2)cc(-c2ncnc3c2oc2ccc(-c4cccc(-n5c6ccccc6c6ccccc65)c4)cc23)c1. The molecule has 5 nitrogen and oxygen atoms in total. The minimum absolute atomic E-state index is 0.680. The van der Waals surface area contributed by atoms with E-state index in [1.807, 2.05) is 0 Å². The van der Waals surface area contributed by atoms with E-state index >= 15 is 0 Å². The van der Waals surface area contributed by atoms with Crippen LogP contribution in [0.3, 0.4) is 0 Å². The van der Waals surface area contributed by atoms with Gasteiger partial charge in [0.2, 0.25) is 0 Å². The zero-order valence-electron chi connectivity index (χ0n) is 30.7. The first-order valence-corrected chi connectivity index (χ1v) is 19.2. The lowest BCUT2D eigenvalue weighted by atomic mass is 10.0. The summed E-state index contributed by atoms with van der Waals surface area (Å²) in [5.41, 5.74) is 15.4. The van der Waals surface area contributed by atoms with Gasteiger partial charge in [0.05, 0.1) is 22.1 Å². The number of hydrogen-bond acceptors (Lipinski definition) is 3. The van der Waals surface area contributed by atoms with E-state index in [2.05, 4.69) is 197 Å². The Bertz CT molecular complexity index is 3440. The van der Waals surface area contributed by atoms with Crippen molar-refractivity contribution in [3.63, 3.8) is 0 Å². The van der Waals surface area contributed by atoms with Gasteiger partial charge >= 0.3 is 0 Å². The molecule has 0 bridgehead atoms. The third-order valence-electron chi connectivity index (χ3n) is 11.4. The van der Waals surface area contributed by atoms with E-state index in [9.17, 15) is 0 Å². The Morgan fingerprint density at radius 1 is 0.351 bits per heavy atom. The summed E-state index contributed by atoms with van der Waals surface area (Å²) < 4.78 is 11.3. The van der Waals surface area contributed by atoms with Crippen LogP contribution >= 0.6 is 0 Å². The van der Waals surface area contributed by atoms with Crippen molar-refractivity contribution in [2.45, 2.75) is 0 Å². The fraction of sp³-hybridized carbons (Fsp3) is 0. The fourth-order valence-corrected chi connectivity index (χ4v) is 8.86. The Labute approximate surface area is 327 Å². The van der Waals surface area contributed by atoms with Gasteiger partial charge in [0.25, 0.3) is 0 Å². The Kier molecular flexibility index (Phi) is 6.86. The third kappa shape index (κ3) is 4.89. The first-order valence-electron chi connectivity index (χ1n) is 19.2. The molecule has 5 heteroatoms. The maximum absolute atomic E-state index is 6.57. The highest BCUT2D eigenvalue weighted by Gasteiger charge is 2.18. The number of para-hydroxylation sites is 4. The van der Waals surface area contributed by atoms with Crippen molar-refractivity contribution in [3.05, 3.63) is 194 Å². The van der Waals surface area contributed by atoms with E-state index in [0.29, 0.717) is 5.58 Å². The summed E-state index contributed by atoms with van der Waals surface area (Å²) in [4.78, 5) is 9.57. The molecule has 12 rings (SSSR count). The van der Waals surface area contributed by atoms with Gasteiger partial charge < -0.3 is 13.6 Å². The van der Waals surface area contributed by atoms with Crippen molar-refractivity contribution >= 4 is 65.7 Å². The van der Waals surface area contributed by atoms with Crippen molar-refractivity contribution in [2.24, 2.45) is 0 Å². The molecule has 0 aliphatic carbocycles. The molecule has 0 aliphatic rings. The largest absolute Gasteiger partial charge is 0.452 e. The van der Waals surface area contributed by atoms with E-state index in [1.54, 1.807) is 6.33 Å². The zero-order valence-corrected chi connectivity index (χ0v) is 30.7. The highest BCUT2D eigenvalue weighted by atomic mass is 16.3. The van der Waals surface area contributed by atoms with Crippen LogP contribution in [0.1, 0.15) is 0 Å². The molecule has 8 aromatic carbocycles. The van der Waals surface area contributed by atoms with Crippen LogP contribution in [0, 0.1) is 0 Å². The van der Waals surface area contributed by atoms with Crippen LogP contribution < -0.4 is 0 Å². The average molecular weight is 729 g/mol. The molecule has 4 heterocycles. The lowest BCUT2D eigenvalue weighted by Crippen LogP contribution is -1.94. The number of furan rings is 1. The molecule has 0 saturated heterocycles. The molecule has 0 atom stereocenters. The first kappa shape index (κ1) is 31.6. The van der Waals surface area contributed by atoms with Gasteiger partial charge in [-0.2, -0.15) is 0 Å². The molecule has 0 spiro atoms. The van der Waals surface area contributed by atoms with E-state index in [1.165, 1.54) is 43.6 Å². The molecule has 4 aromatic heterocycles. The van der Waals surface area contributed by atoms with E-state index in [0.717, 1.165) is 61.4 Å². The van der Waals surface area contributed by atoms with Gasteiger partial charge in [0.1, 0.15) is 23.1 Å². The van der Waals surface area contributed by atoms with Crippen LogP contribution in [0.4, 0.5) is 0 Å². The van der Waals surface area contributed by atoms with E-state index in [-0.39, 0.29) is 0 Å². The second-order valence-electron chi connectivity index (χ2n) is 14.6. The fourth-order valence-electron chi connectivity index (χ4n) is 8.86. The molecule has 57 heavy (non-hydrogen) atoms. The molecule has 0 amide bonds. The standard InChI is InChI=1S/C52H32N4O/c1-5-22-45-40(18-1)41-19-2-6-23-46(41)55(45)38-16-10-13-34(29-38)33-12-9-15-37(28-33)50-52-51(54-32-53-50)44-31-36(26-27-49(44)57-52)35-14-11-17-39(30-35)56-47-24-7-3-20-42(47)43-21-4-8-25-48(43)56/h1-32H. The zero-order chi connectivity index (χ0) is 37.5. The normalized spacial score (nSPS) is 11.9. The summed E-state index contributed by atoms with van der Waals surface area (Å²) in [6, 6.07) is 66.9. The van der Waals surface area contributed by atoms with Crippen molar-refractivity contribution in [1.29, 1.82) is 0 Å².